The number of thiophene rings is 1. The molecule has 1 unspecified atom stereocenters. The maximum Gasteiger partial charge on any atom is 0.407 e. The van der Waals surface area contributed by atoms with E-state index in [1.54, 1.807) is 0 Å². The van der Waals surface area contributed by atoms with Crippen LogP contribution in [0.5, 0.6) is 0 Å². The van der Waals surface area contributed by atoms with Crippen molar-refractivity contribution in [1.29, 1.82) is 0 Å². The molecule has 0 spiro atoms. The number of methoxy groups -OCH3 is 1. The number of amides is 2. The van der Waals surface area contributed by atoms with Gasteiger partial charge in [-0.25, -0.2) is 9.59 Å². The number of esters is 1. The van der Waals surface area contributed by atoms with Crippen molar-refractivity contribution in [2.24, 2.45) is 0 Å². The summed E-state index contributed by atoms with van der Waals surface area (Å²) in [5.74, 6) is 0.431. The number of hydrogen-bond acceptors (Lipinski definition) is 7. The third-order valence-corrected chi connectivity index (χ3v) is 8.23. The topological polar surface area (TPSA) is 110 Å². The Morgan fingerprint density at radius 1 is 1.08 bits per heavy atom. The van der Waals surface area contributed by atoms with Gasteiger partial charge in [0.15, 0.2) is 0 Å². The zero-order valence-corrected chi connectivity index (χ0v) is 22.4. The van der Waals surface area contributed by atoms with E-state index in [-0.39, 0.29) is 18.9 Å². The molecule has 8 nitrogen and oxygen atoms in total. The molecule has 37 heavy (non-hydrogen) atoms. The number of nitrogens with one attached hydrogen (secondary N) is 3. The number of carbonyl (C=O) groups excluding carboxylic acids is 3. The minimum Gasteiger partial charge on any atom is -0.467 e. The Kier molecular flexibility index (Phi) is 9.32. The second kappa shape index (κ2) is 12.8. The zero-order chi connectivity index (χ0) is 26.2. The standard InChI is InChI=1S/C26H26ClN3O5S2/c1-34-25(32)20(14-16-15-29-19-8-4-2-6-17(16)19)30-26(33)35-11-13-36-12-10-28-24(31)23-22(27)18-7-3-5-9-21(18)37-23/h2-9,15,20,29H,10-14H2,1H3,(H,28,31)(H,30,33). The molecule has 1 atom stereocenters. The molecular weight excluding hydrogens is 534 g/mol. The number of thioether (sulfide) groups is 1. The Bertz CT molecular complexity index is 1400. The van der Waals surface area contributed by atoms with Crippen LogP contribution in [0.3, 0.4) is 0 Å². The van der Waals surface area contributed by atoms with E-state index < -0.39 is 18.1 Å². The number of alkyl carbamates (subject to hydrolysis) is 1. The van der Waals surface area contributed by atoms with Gasteiger partial charge < -0.3 is 25.1 Å². The SMILES string of the molecule is COC(=O)C(Cc1c[nH]c2ccccc12)NC(=O)OCCSCCNC(=O)c1sc2ccccc2c1Cl. The largest absolute Gasteiger partial charge is 0.467 e. The first-order chi connectivity index (χ1) is 18.0. The Morgan fingerprint density at radius 3 is 2.62 bits per heavy atom. The van der Waals surface area contributed by atoms with Crippen LogP contribution in [-0.4, -0.2) is 60.8 Å². The fourth-order valence-corrected chi connectivity index (χ4v) is 5.90. The van der Waals surface area contributed by atoms with Crippen LogP contribution in [0.4, 0.5) is 4.79 Å². The highest BCUT2D eigenvalue weighted by Gasteiger charge is 2.24. The molecule has 2 heterocycles. The quantitative estimate of drug-likeness (QED) is 0.176. The number of aromatic nitrogens is 1. The lowest BCUT2D eigenvalue weighted by atomic mass is 10.1. The van der Waals surface area contributed by atoms with E-state index in [2.05, 4.69) is 15.6 Å². The Morgan fingerprint density at radius 2 is 1.84 bits per heavy atom. The third kappa shape index (κ3) is 6.76. The van der Waals surface area contributed by atoms with Crippen LogP contribution in [0.2, 0.25) is 5.02 Å². The van der Waals surface area contributed by atoms with Crippen molar-refractivity contribution in [3.8, 4) is 0 Å². The summed E-state index contributed by atoms with van der Waals surface area (Å²) in [5, 5.41) is 7.79. The predicted octanol–water partition coefficient (Wildman–Crippen LogP) is 5.01. The van der Waals surface area contributed by atoms with Crippen molar-refractivity contribution in [2.75, 3.05) is 31.8 Å². The van der Waals surface area contributed by atoms with E-state index in [0.717, 1.165) is 26.6 Å². The van der Waals surface area contributed by atoms with Gasteiger partial charge in [-0.15, -0.1) is 11.3 Å². The number of rotatable bonds is 11. The third-order valence-electron chi connectivity index (χ3n) is 5.61. The summed E-state index contributed by atoms with van der Waals surface area (Å²) in [4.78, 5) is 40.6. The van der Waals surface area contributed by atoms with E-state index >= 15 is 0 Å². The van der Waals surface area contributed by atoms with Crippen LogP contribution < -0.4 is 10.6 Å². The molecule has 0 aliphatic carbocycles. The fourth-order valence-electron chi connectivity index (χ4n) is 3.81. The molecule has 0 aliphatic heterocycles. The molecule has 0 saturated carbocycles. The summed E-state index contributed by atoms with van der Waals surface area (Å²) in [6.07, 6.45) is 1.39. The van der Waals surface area contributed by atoms with Crippen molar-refractivity contribution >= 4 is 73.7 Å². The second-order valence-electron chi connectivity index (χ2n) is 8.03. The lowest BCUT2D eigenvalue weighted by Crippen LogP contribution is -2.43. The monoisotopic (exact) mass is 559 g/mol. The number of halogens is 1. The van der Waals surface area contributed by atoms with E-state index in [0.29, 0.717) is 28.0 Å². The van der Waals surface area contributed by atoms with Crippen molar-refractivity contribution in [3.63, 3.8) is 0 Å². The van der Waals surface area contributed by atoms with Gasteiger partial charge in [-0.1, -0.05) is 48.0 Å². The molecule has 2 aromatic carbocycles. The van der Waals surface area contributed by atoms with Gasteiger partial charge >= 0.3 is 12.1 Å². The van der Waals surface area contributed by atoms with E-state index in [1.165, 1.54) is 30.2 Å². The smallest absolute Gasteiger partial charge is 0.407 e. The Hall–Kier alpha value is -3.21. The predicted molar refractivity (Wildman–Crippen MR) is 149 cm³/mol. The molecule has 0 bridgehead atoms. The number of para-hydroxylation sites is 1. The first-order valence-electron chi connectivity index (χ1n) is 11.6. The number of carbonyl (C=O) groups is 3. The lowest BCUT2D eigenvalue weighted by Gasteiger charge is -2.16. The molecule has 11 heteroatoms. The van der Waals surface area contributed by atoms with Crippen molar-refractivity contribution < 1.29 is 23.9 Å². The summed E-state index contributed by atoms with van der Waals surface area (Å²) in [5.41, 5.74) is 1.84. The molecule has 0 aliphatic rings. The highest BCUT2D eigenvalue weighted by Crippen LogP contribution is 2.34. The zero-order valence-electron chi connectivity index (χ0n) is 20.0. The number of H-pyrrole nitrogens is 1. The normalized spacial score (nSPS) is 11.8. The molecule has 2 aromatic heterocycles. The minimum absolute atomic E-state index is 0.160. The van der Waals surface area contributed by atoms with Gasteiger partial charge in [0, 0.05) is 51.7 Å². The highest BCUT2D eigenvalue weighted by atomic mass is 35.5. The van der Waals surface area contributed by atoms with Crippen LogP contribution in [0.25, 0.3) is 21.0 Å². The fraction of sp³-hybridized carbons (Fsp3) is 0.269. The van der Waals surface area contributed by atoms with Crippen molar-refractivity contribution in [1.82, 2.24) is 15.6 Å². The molecule has 4 aromatic rings. The van der Waals surface area contributed by atoms with Gasteiger partial charge in [-0.3, -0.25) is 4.79 Å². The summed E-state index contributed by atoms with van der Waals surface area (Å²) in [6.45, 7) is 0.614. The summed E-state index contributed by atoms with van der Waals surface area (Å²) >= 11 is 9.25. The number of hydrogen-bond donors (Lipinski definition) is 3. The second-order valence-corrected chi connectivity index (χ2v) is 10.7. The molecular formula is C26H26ClN3O5S2. The van der Waals surface area contributed by atoms with Crippen molar-refractivity contribution in [3.05, 3.63) is 70.2 Å². The van der Waals surface area contributed by atoms with Gasteiger partial charge in [-0.05, 0) is 17.7 Å². The highest BCUT2D eigenvalue weighted by molar-refractivity contribution is 7.99. The van der Waals surface area contributed by atoms with E-state index in [4.69, 9.17) is 21.1 Å². The lowest BCUT2D eigenvalue weighted by molar-refractivity contribution is -0.142. The van der Waals surface area contributed by atoms with Crippen LogP contribution in [0.15, 0.2) is 54.7 Å². The minimum atomic E-state index is -0.875. The molecule has 4 rings (SSSR count). The first-order valence-corrected chi connectivity index (χ1v) is 13.9. The number of ether oxygens (including phenoxy) is 2. The molecule has 2 amide bonds. The van der Waals surface area contributed by atoms with Gasteiger partial charge in [0.1, 0.15) is 17.5 Å². The molecule has 0 saturated heterocycles. The first kappa shape index (κ1) is 26.8. The molecule has 194 valence electrons. The summed E-state index contributed by atoms with van der Waals surface area (Å²) in [7, 11) is 1.28. The van der Waals surface area contributed by atoms with Gasteiger partial charge in [0.05, 0.1) is 12.1 Å². The number of aromatic amines is 1. The number of benzene rings is 2. The van der Waals surface area contributed by atoms with Gasteiger partial charge in [-0.2, -0.15) is 11.8 Å². The van der Waals surface area contributed by atoms with Crippen molar-refractivity contribution in [2.45, 2.75) is 12.5 Å². The maximum absolute atomic E-state index is 12.5. The Labute approximate surface area is 227 Å². The summed E-state index contributed by atoms with van der Waals surface area (Å²) < 4.78 is 11.1. The van der Waals surface area contributed by atoms with E-state index in [1.807, 2.05) is 54.7 Å². The summed E-state index contributed by atoms with van der Waals surface area (Å²) in [6, 6.07) is 14.5. The van der Waals surface area contributed by atoms with Gasteiger partial charge in [0.2, 0.25) is 0 Å². The Balaban J connectivity index is 1.16. The number of fused-ring (bicyclic) bond motifs is 2. The van der Waals surface area contributed by atoms with Crippen LogP contribution >= 0.6 is 34.7 Å². The van der Waals surface area contributed by atoms with Crippen LogP contribution in [0.1, 0.15) is 15.2 Å². The molecule has 3 N–H and O–H groups in total. The maximum atomic E-state index is 12.5. The van der Waals surface area contributed by atoms with Crippen LogP contribution in [0, 0.1) is 0 Å². The van der Waals surface area contributed by atoms with E-state index in [9.17, 15) is 14.4 Å². The average molecular weight is 560 g/mol. The average Bonchev–Trinajstić information content (AvgIpc) is 3.48. The van der Waals surface area contributed by atoms with Gasteiger partial charge in [0.25, 0.3) is 5.91 Å². The van der Waals surface area contributed by atoms with Crippen LogP contribution in [-0.2, 0) is 20.7 Å². The molecule has 0 radical (unpaired) electrons. The molecule has 0 fully saturated rings.